The smallest absolute Gasteiger partial charge is 0.494 e. The van der Waals surface area contributed by atoms with Crippen LogP contribution in [-0.2, 0) is 4.18 Å². The van der Waals surface area contributed by atoms with Gasteiger partial charge in [-0.1, -0.05) is 44.9 Å². The number of carbonyl (C=O) groups is 1. The minimum absolute atomic E-state index is 0.650. The Hall–Kier alpha value is -3.12. The van der Waals surface area contributed by atoms with Crippen LogP contribution >= 0.6 is 10.3 Å². The van der Waals surface area contributed by atoms with Crippen molar-refractivity contribution in [2.24, 2.45) is 0 Å². The van der Waals surface area contributed by atoms with Crippen LogP contribution < -0.4 is 9.47 Å². The maximum Gasteiger partial charge on any atom is 0.517 e. The average Bonchev–Trinajstić information content (AvgIpc) is 2.84. The third-order valence-electron chi connectivity index (χ3n) is 5.12. The minimum atomic E-state index is -2.53. The van der Waals surface area contributed by atoms with Gasteiger partial charge in [-0.15, -0.1) is 0 Å². The van der Waals surface area contributed by atoms with Crippen molar-refractivity contribution in [1.29, 1.82) is 0 Å². The van der Waals surface area contributed by atoms with Crippen molar-refractivity contribution >= 4 is 16.5 Å². The normalized spacial score (nSPS) is 11.6. The standard InChI is InChI=1S/C27H32O5S/c1-3-5-20-30-22-12-16-25(17-13-22)33(32-27(28)29,24-10-8-7-9-11-24)26-18-14-23(15-19-26)31-21-6-4-2/h7-19H,3-6,20-21H2,1-2H3,(H,28,29). The molecule has 33 heavy (non-hydrogen) atoms. The molecule has 0 aliphatic heterocycles. The first-order chi connectivity index (χ1) is 16.1. The summed E-state index contributed by atoms with van der Waals surface area (Å²) in [5.74, 6) is 1.51. The van der Waals surface area contributed by atoms with Gasteiger partial charge in [0.05, 0.1) is 13.2 Å². The van der Waals surface area contributed by atoms with E-state index in [0.29, 0.717) is 13.2 Å². The molecule has 0 unspecified atom stereocenters. The molecule has 5 nitrogen and oxygen atoms in total. The van der Waals surface area contributed by atoms with Gasteiger partial charge >= 0.3 is 6.16 Å². The molecule has 0 atom stereocenters. The highest BCUT2D eigenvalue weighted by Gasteiger charge is 2.36. The topological polar surface area (TPSA) is 65.0 Å². The lowest BCUT2D eigenvalue weighted by atomic mass is 10.3. The van der Waals surface area contributed by atoms with Gasteiger partial charge in [0, 0.05) is 14.7 Å². The molecule has 0 fully saturated rings. The molecule has 0 aliphatic rings. The molecular formula is C27H32O5S. The van der Waals surface area contributed by atoms with Crippen LogP contribution in [-0.4, -0.2) is 24.5 Å². The maximum atomic E-state index is 12.0. The second-order valence-corrected chi connectivity index (χ2v) is 10.3. The predicted molar refractivity (Wildman–Crippen MR) is 132 cm³/mol. The van der Waals surface area contributed by atoms with Crippen molar-refractivity contribution in [3.8, 4) is 11.5 Å². The van der Waals surface area contributed by atoms with Crippen molar-refractivity contribution in [2.75, 3.05) is 13.2 Å². The number of hydrogen-bond donors (Lipinski definition) is 1. The Morgan fingerprint density at radius 3 is 1.52 bits per heavy atom. The fourth-order valence-corrected chi connectivity index (χ4v) is 6.29. The number of ether oxygens (including phenoxy) is 2. The fourth-order valence-electron chi connectivity index (χ4n) is 3.40. The van der Waals surface area contributed by atoms with Crippen molar-refractivity contribution in [3.05, 3.63) is 78.9 Å². The summed E-state index contributed by atoms with van der Waals surface area (Å²) in [7, 11) is -2.53. The summed E-state index contributed by atoms with van der Waals surface area (Å²) in [6, 6.07) is 24.6. The zero-order chi connectivity index (χ0) is 23.5. The molecule has 3 rings (SSSR count). The lowest BCUT2D eigenvalue weighted by Crippen LogP contribution is -2.12. The van der Waals surface area contributed by atoms with E-state index in [1.54, 1.807) is 0 Å². The van der Waals surface area contributed by atoms with E-state index in [1.165, 1.54) is 0 Å². The summed E-state index contributed by atoms with van der Waals surface area (Å²) in [4.78, 5) is 14.3. The quantitative estimate of drug-likeness (QED) is 0.273. The molecule has 0 aromatic heterocycles. The molecule has 0 saturated heterocycles. The molecule has 0 radical (unpaired) electrons. The van der Waals surface area contributed by atoms with E-state index >= 15 is 0 Å². The van der Waals surface area contributed by atoms with E-state index in [1.807, 2.05) is 78.9 Å². The van der Waals surface area contributed by atoms with E-state index in [9.17, 15) is 9.90 Å². The number of carboxylic acid groups (broad SMARTS) is 1. The predicted octanol–water partition coefficient (Wildman–Crippen LogP) is 7.94. The van der Waals surface area contributed by atoms with Crippen LogP contribution in [0.4, 0.5) is 4.79 Å². The maximum absolute atomic E-state index is 12.0. The van der Waals surface area contributed by atoms with Gasteiger partial charge in [0.1, 0.15) is 11.5 Å². The van der Waals surface area contributed by atoms with E-state index in [4.69, 9.17) is 13.7 Å². The monoisotopic (exact) mass is 468 g/mol. The summed E-state index contributed by atoms with van der Waals surface area (Å²) >= 11 is 0. The number of hydrogen-bond acceptors (Lipinski definition) is 4. The zero-order valence-electron chi connectivity index (χ0n) is 19.2. The van der Waals surface area contributed by atoms with Crippen molar-refractivity contribution in [1.82, 2.24) is 0 Å². The van der Waals surface area contributed by atoms with E-state index < -0.39 is 16.5 Å². The molecule has 1 N–H and O–H groups in total. The first-order valence-electron chi connectivity index (χ1n) is 11.4. The number of benzene rings is 3. The number of rotatable bonds is 12. The molecule has 176 valence electrons. The van der Waals surface area contributed by atoms with E-state index in [2.05, 4.69) is 13.8 Å². The second-order valence-electron chi connectivity index (χ2n) is 7.57. The van der Waals surface area contributed by atoms with Gasteiger partial charge in [-0.05, 0) is 83.8 Å². The molecule has 0 amide bonds. The van der Waals surface area contributed by atoms with Gasteiger partial charge in [-0.25, -0.2) is 4.79 Å². The Balaban J connectivity index is 2.05. The minimum Gasteiger partial charge on any atom is -0.494 e. The first-order valence-corrected chi connectivity index (χ1v) is 12.9. The van der Waals surface area contributed by atoms with Crippen molar-refractivity contribution in [2.45, 2.75) is 54.2 Å². The summed E-state index contributed by atoms with van der Waals surface area (Å²) in [6.45, 7) is 5.54. The Bertz CT molecular complexity index is 934. The van der Waals surface area contributed by atoms with Gasteiger partial charge in [-0.3, -0.25) is 0 Å². The largest absolute Gasteiger partial charge is 0.517 e. The van der Waals surface area contributed by atoms with Gasteiger partial charge in [0.15, 0.2) is 0 Å². The Labute approximate surface area is 197 Å². The van der Waals surface area contributed by atoms with Crippen molar-refractivity contribution in [3.63, 3.8) is 0 Å². The third kappa shape index (κ3) is 6.23. The zero-order valence-corrected chi connectivity index (χ0v) is 20.1. The molecule has 0 heterocycles. The number of unbranched alkanes of at least 4 members (excludes halogenated alkanes) is 2. The summed E-state index contributed by atoms with van der Waals surface area (Å²) < 4.78 is 17.4. The molecule has 3 aromatic carbocycles. The van der Waals surface area contributed by atoms with Crippen LogP contribution in [0.25, 0.3) is 0 Å². The van der Waals surface area contributed by atoms with E-state index in [0.717, 1.165) is 51.9 Å². The summed E-state index contributed by atoms with van der Waals surface area (Å²) in [6.07, 6.45) is 2.76. The lowest BCUT2D eigenvalue weighted by Gasteiger charge is -2.38. The molecule has 0 spiro atoms. The molecule has 3 aromatic rings. The van der Waals surface area contributed by atoms with Crippen LogP contribution in [0.3, 0.4) is 0 Å². The first kappa shape index (κ1) is 24.5. The Morgan fingerprint density at radius 2 is 1.12 bits per heavy atom. The summed E-state index contributed by atoms with van der Waals surface area (Å²) in [5, 5.41) is 9.78. The highest BCUT2D eigenvalue weighted by Crippen LogP contribution is 2.69. The van der Waals surface area contributed by atoms with Gasteiger partial charge in [0.25, 0.3) is 0 Å². The highest BCUT2D eigenvalue weighted by molar-refractivity contribution is 8.30. The van der Waals surface area contributed by atoms with E-state index in [-0.39, 0.29) is 0 Å². The van der Waals surface area contributed by atoms with Crippen LogP contribution in [0.5, 0.6) is 11.5 Å². The SMILES string of the molecule is CCCCOc1ccc(S(OC(=O)O)(c2ccccc2)c2ccc(OCCCC)cc2)cc1. The Kier molecular flexibility index (Phi) is 9.07. The average molecular weight is 469 g/mol. The fraction of sp³-hybridized carbons (Fsp3) is 0.296. The lowest BCUT2D eigenvalue weighted by molar-refractivity contribution is 0.150. The van der Waals surface area contributed by atoms with Gasteiger partial charge in [-0.2, -0.15) is 0 Å². The van der Waals surface area contributed by atoms with Crippen LogP contribution in [0.1, 0.15) is 39.5 Å². The third-order valence-corrected chi connectivity index (χ3v) is 8.32. The van der Waals surface area contributed by atoms with Gasteiger partial charge in [0.2, 0.25) is 0 Å². The molecule has 0 saturated carbocycles. The summed E-state index contributed by atoms with van der Waals surface area (Å²) in [5.41, 5.74) is 0. The second kappa shape index (κ2) is 12.2. The van der Waals surface area contributed by atoms with Crippen LogP contribution in [0, 0.1) is 0 Å². The van der Waals surface area contributed by atoms with Gasteiger partial charge < -0.3 is 18.8 Å². The van der Waals surface area contributed by atoms with Crippen LogP contribution in [0.2, 0.25) is 0 Å². The van der Waals surface area contributed by atoms with Crippen molar-refractivity contribution < 1.29 is 23.6 Å². The molecular weight excluding hydrogens is 436 g/mol. The highest BCUT2D eigenvalue weighted by atomic mass is 32.3. The Morgan fingerprint density at radius 1 is 0.697 bits per heavy atom. The molecule has 0 aliphatic carbocycles. The molecule has 0 bridgehead atoms. The van der Waals surface area contributed by atoms with Crippen LogP contribution in [0.15, 0.2) is 93.5 Å². The molecule has 6 heteroatoms.